The predicted molar refractivity (Wildman–Crippen MR) is 72.5 cm³/mol. The summed E-state index contributed by atoms with van der Waals surface area (Å²) < 4.78 is 0. The molecule has 0 radical (unpaired) electrons. The Morgan fingerprint density at radius 3 is 2.76 bits per heavy atom. The molecule has 0 spiro atoms. The van der Waals surface area contributed by atoms with Gasteiger partial charge in [0.2, 0.25) is 0 Å². The Hall–Kier alpha value is -0.410. The molecule has 1 atom stereocenters. The maximum atomic E-state index is 4.93. The van der Waals surface area contributed by atoms with Crippen LogP contribution in [0.25, 0.3) is 0 Å². The van der Waals surface area contributed by atoms with Gasteiger partial charge in [-0.25, -0.2) is 4.98 Å². The van der Waals surface area contributed by atoms with Crippen LogP contribution in [-0.2, 0) is 18.4 Å². The second-order valence-corrected chi connectivity index (χ2v) is 6.91. The van der Waals surface area contributed by atoms with Gasteiger partial charge in [-0.3, -0.25) is 0 Å². The number of hydrogen-bond acceptors (Lipinski definition) is 3. The van der Waals surface area contributed by atoms with Gasteiger partial charge >= 0.3 is 0 Å². The van der Waals surface area contributed by atoms with Crippen LogP contribution in [0.5, 0.6) is 0 Å². The number of nitrogens with zero attached hydrogens (tertiary/aromatic N) is 1. The summed E-state index contributed by atoms with van der Waals surface area (Å²) >= 11 is 1.96. The summed E-state index contributed by atoms with van der Waals surface area (Å²) in [5, 5.41) is 4.86. The molecule has 17 heavy (non-hydrogen) atoms. The maximum Gasteiger partial charge on any atom is 0.113 e. The third-order valence-electron chi connectivity index (χ3n) is 4.26. The molecule has 0 saturated heterocycles. The van der Waals surface area contributed by atoms with Crippen molar-refractivity contribution in [1.82, 2.24) is 10.3 Å². The van der Waals surface area contributed by atoms with E-state index in [1.165, 1.54) is 55.6 Å². The van der Waals surface area contributed by atoms with Gasteiger partial charge < -0.3 is 5.32 Å². The van der Waals surface area contributed by atoms with Crippen molar-refractivity contribution in [2.45, 2.75) is 57.4 Å². The molecular formula is C14H22N2S. The van der Waals surface area contributed by atoms with Crippen molar-refractivity contribution >= 4 is 11.3 Å². The Kier molecular flexibility index (Phi) is 2.99. The van der Waals surface area contributed by atoms with Gasteiger partial charge in [-0.1, -0.05) is 12.8 Å². The molecule has 3 heteroatoms. The van der Waals surface area contributed by atoms with Crippen molar-refractivity contribution in [3.05, 3.63) is 15.6 Å². The van der Waals surface area contributed by atoms with Crippen molar-refractivity contribution in [2.24, 2.45) is 5.92 Å². The molecule has 1 aromatic heterocycles. The minimum absolute atomic E-state index is 0.114. The van der Waals surface area contributed by atoms with Gasteiger partial charge in [0, 0.05) is 4.88 Å². The fraction of sp³-hybridized carbons (Fsp3) is 0.786. The van der Waals surface area contributed by atoms with Gasteiger partial charge in [0.25, 0.3) is 0 Å². The second kappa shape index (κ2) is 4.36. The second-order valence-electron chi connectivity index (χ2n) is 5.83. The standard InChI is InChI=1S/C14H22N2S/c1-14(15-2,9-10-7-8-10)13-16-11-5-3-4-6-12(11)17-13/h10,15H,3-9H2,1-2H3. The minimum atomic E-state index is 0.114. The predicted octanol–water partition coefficient (Wildman–Crippen LogP) is 3.26. The van der Waals surface area contributed by atoms with Crippen LogP contribution in [0.3, 0.4) is 0 Å². The lowest BCUT2D eigenvalue weighted by molar-refractivity contribution is 0.347. The van der Waals surface area contributed by atoms with E-state index in [0.29, 0.717) is 0 Å². The fourth-order valence-corrected chi connectivity index (χ4v) is 4.10. The first-order valence-electron chi connectivity index (χ1n) is 6.89. The summed E-state index contributed by atoms with van der Waals surface area (Å²) in [6.45, 7) is 2.33. The summed E-state index contributed by atoms with van der Waals surface area (Å²) in [6.07, 6.45) is 9.24. The highest BCUT2D eigenvalue weighted by molar-refractivity contribution is 7.11. The van der Waals surface area contributed by atoms with Crippen LogP contribution < -0.4 is 5.32 Å². The first-order valence-corrected chi connectivity index (χ1v) is 7.71. The van der Waals surface area contributed by atoms with Gasteiger partial charge in [0.1, 0.15) is 5.01 Å². The molecule has 1 heterocycles. The van der Waals surface area contributed by atoms with Crippen molar-refractivity contribution in [2.75, 3.05) is 7.05 Å². The maximum absolute atomic E-state index is 4.93. The van der Waals surface area contributed by atoms with Crippen LogP contribution in [0.1, 0.15) is 54.6 Å². The van der Waals surface area contributed by atoms with E-state index >= 15 is 0 Å². The molecule has 0 aromatic carbocycles. The molecular weight excluding hydrogens is 228 g/mol. The summed E-state index contributed by atoms with van der Waals surface area (Å²) in [7, 11) is 2.09. The molecule has 2 aliphatic rings. The van der Waals surface area contributed by atoms with Gasteiger partial charge in [0.15, 0.2) is 0 Å². The van der Waals surface area contributed by atoms with Crippen LogP contribution in [-0.4, -0.2) is 12.0 Å². The van der Waals surface area contributed by atoms with Gasteiger partial charge in [-0.15, -0.1) is 11.3 Å². The number of hydrogen-bond donors (Lipinski definition) is 1. The molecule has 1 fully saturated rings. The van der Waals surface area contributed by atoms with E-state index in [1.807, 2.05) is 11.3 Å². The van der Waals surface area contributed by atoms with Gasteiger partial charge in [-0.2, -0.15) is 0 Å². The molecule has 3 rings (SSSR count). The number of nitrogens with one attached hydrogen (secondary N) is 1. The third kappa shape index (κ3) is 2.27. The normalized spacial score (nSPS) is 23.2. The van der Waals surface area contributed by atoms with Crippen LogP contribution >= 0.6 is 11.3 Å². The Labute approximate surface area is 108 Å². The van der Waals surface area contributed by atoms with E-state index in [2.05, 4.69) is 19.3 Å². The number of aromatic nitrogens is 1. The smallest absolute Gasteiger partial charge is 0.113 e. The summed E-state index contributed by atoms with van der Waals surface area (Å²) in [5.74, 6) is 0.938. The molecule has 2 aliphatic carbocycles. The quantitative estimate of drug-likeness (QED) is 0.887. The number of rotatable bonds is 4. The molecule has 1 aromatic rings. The van der Waals surface area contributed by atoms with Crippen LogP contribution in [0, 0.1) is 5.92 Å². The number of fused-ring (bicyclic) bond motifs is 1. The number of thiazole rings is 1. The number of aryl methyl sites for hydroxylation is 2. The molecule has 0 bridgehead atoms. The third-order valence-corrected chi connectivity index (χ3v) is 5.68. The summed E-state index contributed by atoms with van der Waals surface area (Å²) in [5.41, 5.74) is 1.51. The lowest BCUT2D eigenvalue weighted by atomic mass is 9.95. The van der Waals surface area contributed by atoms with Crippen LogP contribution in [0.2, 0.25) is 0 Å². The molecule has 0 amide bonds. The molecule has 2 nitrogen and oxygen atoms in total. The van der Waals surface area contributed by atoms with Crippen LogP contribution in [0.15, 0.2) is 0 Å². The zero-order chi connectivity index (χ0) is 11.9. The molecule has 1 N–H and O–H groups in total. The van der Waals surface area contributed by atoms with E-state index in [1.54, 1.807) is 4.88 Å². The average Bonchev–Trinajstić information content (AvgIpc) is 3.04. The SMILES string of the molecule is CNC(C)(CC1CC1)c1nc2c(s1)CCCC2. The topological polar surface area (TPSA) is 24.9 Å². The first-order chi connectivity index (χ1) is 8.21. The zero-order valence-corrected chi connectivity index (χ0v) is 11.7. The molecule has 0 aliphatic heterocycles. The van der Waals surface area contributed by atoms with E-state index in [0.717, 1.165) is 5.92 Å². The van der Waals surface area contributed by atoms with Crippen molar-refractivity contribution in [3.63, 3.8) is 0 Å². The zero-order valence-electron chi connectivity index (χ0n) is 10.9. The van der Waals surface area contributed by atoms with E-state index in [9.17, 15) is 0 Å². The van der Waals surface area contributed by atoms with Crippen molar-refractivity contribution < 1.29 is 0 Å². The fourth-order valence-electron chi connectivity index (χ4n) is 2.78. The monoisotopic (exact) mass is 250 g/mol. The highest BCUT2D eigenvalue weighted by Gasteiger charge is 2.36. The Bertz CT molecular complexity index is 385. The summed E-state index contributed by atoms with van der Waals surface area (Å²) in [4.78, 5) is 6.49. The Morgan fingerprint density at radius 2 is 2.12 bits per heavy atom. The highest BCUT2D eigenvalue weighted by atomic mass is 32.1. The van der Waals surface area contributed by atoms with E-state index < -0.39 is 0 Å². The minimum Gasteiger partial charge on any atom is -0.309 e. The van der Waals surface area contributed by atoms with Gasteiger partial charge in [0.05, 0.1) is 11.2 Å². The highest BCUT2D eigenvalue weighted by Crippen LogP contribution is 2.42. The molecule has 1 saturated carbocycles. The van der Waals surface area contributed by atoms with E-state index in [4.69, 9.17) is 4.98 Å². The molecule has 1 unspecified atom stereocenters. The molecule has 94 valence electrons. The van der Waals surface area contributed by atoms with Gasteiger partial charge in [-0.05, 0) is 52.0 Å². The lowest BCUT2D eigenvalue weighted by Gasteiger charge is -2.27. The van der Waals surface area contributed by atoms with Crippen molar-refractivity contribution in [3.8, 4) is 0 Å². The Balaban J connectivity index is 1.87. The Morgan fingerprint density at radius 1 is 1.35 bits per heavy atom. The largest absolute Gasteiger partial charge is 0.309 e. The first kappa shape index (κ1) is 11.7. The average molecular weight is 250 g/mol. The lowest BCUT2D eigenvalue weighted by Crippen LogP contribution is -2.37. The van der Waals surface area contributed by atoms with Crippen LogP contribution in [0.4, 0.5) is 0 Å². The van der Waals surface area contributed by atoms with Crippen molar-refractivity contribution in [1.29, 1.82) is 0 Å². The van der Waals surface area contributed by atoms with E-state index in [-0.39, 0.29) is 5.54 Å². The summed E-state index contributed by atoms with van der Waals surface area (Å²) in [6, 6.07) is 0.